The average Bonchev–Trinajstić information content (AvgIpc) is 3.31. The van der Waals surface area contributed by atoms with Crippen molar-refractivity contribution in [3.63, 3.8) is 0 Å². The van der Waals surface area contributed by atoms with Gasteiger partial charge in [-0.3, -0.25) is 14.2 Å². The van der Waals surface area contributed by atoms with Crippen molar-refractivity contribution in [2.24, 2.45) is 0 Å². The second-order valence-electron chi connectivity index (χ2n) is 8.24. The molecule has 0 radical (unpaired) electrons. The van der Waals surface area contributed by atoms with Crippen LogP contribution >= 0.6 is 23.4 Å². The van der Waals surface area contributed by atoms with E-state index in [2.05, 4.69) is 20.8 Å². The highest BCUT2D eigenvalue weighted by atomic mass is 35.5. The standard InChI is InChI=1S/C27H26ClN5O3S/c1-18-8-9-19(2)23(14-18)30-26(35)17-37-27-32-31-24(33(27)21-6-4-3-5-7-21)15-29-25(34)16-36-22-12-10-20(28)11-13-22/h3-14H,15-17H2,1-2H3,(H,29,34)(H,30,35). The molecule has 4 aromatic rings. The third kappa shape index (κ3) is 7.34. The molecule has 0 saturated carbocycles. The number of nitrogens with zero attached hydrogens (tertiary/aromatic N) is 3. The van der Waals surface area contributed by atoms with Crippen molar-refractivity contribution in [2.75, 3.05) is 17.7 Å². The van der Waals surface area contributed by atoms with Crippen LogP contribution in [0.2, 0.25) is 5.02 Å². The summed E-state index contributed by atoms with van der Waals surface area (Å²) in [6.45, 7) is 3.92. The highest BCUT2D eigenvalue weighted by molar-refractivity contribution is 7.99. The van der Waals surface area contributed by atoms with Gasteiger partial charge >= 0.3 is 0 Å². The van der Waals surface area contributed by atoms with E-state index in [-0.39, 0.29) is 30.7 Å². The van der Waals surface area contributed by atoms with Gasteiger partial charge in [-0.2, -0.15) is 0 Å². The molecule has 1 aromatic heterocycles. The van der Waals surface area contributed by atoms with Gasteiger partial charge in [-0.1, -0.05) is 53.7 Å². The SMILES string of the molecule is Cc1ccc(C)c(NC(=O)CSc2nnc(CNC(=O)COc3ccc(Cl)cc3)n2-c2ccccc2)c1. The number of nitrogens with one attached hydrogen (secondary N) is 2. The molecule has 4 rings (SSSR count). The monoisotopic (exact) mass is 535 g/mol. The van der Waals surface area contributed by atoms with E-state index in [1.807, 2.05) is 66.9 Å². The first-order chi connectivity index (χ1) is 17.9. The summed E-state index contributed by atoms with van der Waals surface area (Å²) in [5, 5.41) is 15.5. The average molecular weight is 536 g/mol. The van der Waals surface area contributed by atoms with E-state index in [1.54, 1.807) is 24.3 Å². The van der Waals surface area contributed by atoms with Gasteiger partial charge in [0.2, 0.25) is 5.91 Å². The fourth-order valence-corrected chi connectivity index (χ4v) is 4.34. The maximum atomic E-state index is 12.7. The highest BCUT2D eigenvalue weighted by Gasteiger charge is 2.17. The lowest BCUT2D eigenvalue weighted by molar-refractivity contribution is -0.123. The van der Waals surface area contributed by atoms with E-state index in [1.165, 1.54) is 11.8 Å². The predicted octanol–water partition coefficient (Wildman–Crippen LogP) is 4.96. The molecule has 0 aliphatic heterocycles. The second kappa shape index (κ2) is 12.4. The number of hydrogen-bond acceptors (Lipinski definition) is 6. The molecular formula is C27H26ClN5O3S. The van der Waals surface area contributed by atoms with Gasteiger partial charge < -0.3 is 15.4 Å². The molecule has 8 nitrogen and oxygen atoms in total. The van der Waals surface area contributed by atoms with E-state index in [9.17, 15) is 9.59 Å². The number of aromatic nitrogens is 3. The summed E-state index contributed by atoms with van der Waals surface area (Å²) < 4.78 is 7.33. The summed E-state index contributed by atoms with van der Waals surface area (Å²) in [5.74, 6) is 0.781. The molecule has 3 aromatic carbocycles. The van der Waals surface area contributed by atoms with Crippen LogP contribution in [-0.2, 0) is 16.1 Å². The van der Waals surface area contributed by atoms with Crippen LogP contribution in [0.15, 0.2) is 78.0 Å². The maximum Gasteiger partial charge on any atom is 0.258 e. The van der Waals surface area contributed by atoms with Crippen LogP contribution in [0.5, 0.6) is 5.75 Å². The van der Waals surface area contributed by atoms with Crippen LogP contribution < -0.4 is 15.4 Å². The Hall–Kier alpha value is -3.82. The number of para-hydroxylation sites is 1. The number of thioether (sulfide) groups is 1. The summed E-state index contributed by atoms with van der Waals surface area (Å²) in [7, 11) is 0. The molecule has 1 heterocycles. The quantitative estimate of drug-likeness (QED) is 0.278. The summed E-state index contributed by atoms with van der Waals surface area (Å²) in [4.78, 5) is 25.0. The molecule has 0 unspecified atom stereocenters. The molecule has 37 heavy (non-hydrogen) atoms. The third-order valence-electron chi connectivity index (χ3n) is 5.34. The third-order valence-corrected chi connectivity index (χ3v) is 6.52. The Bertz CT molecular complexity index is 1380. The number of rotatable bonds is 10. The molecule has 0 atom stereocenters. The summed E-state index contributed by atoms with van der Waals surface area (Å²) in [6, 6.07) is 22.3. The Morgan fingerprint density at radius 2 is 1.73 bits per heavy atom. The molecular weight excluding hydrogens is 510 g/mol. The van der Waals surface area contributed by atoms with Crippen molar-refractivity contribution in [1.82, 2.24) is 20.1 Å². The first kappa shape index (κ1) is 26.2. The first-order valence-corrected chi connectivity index (χ1v) is 12.9. The van der Waals surface area contributed by atoms with E-state index in [0.29, 0.717) is 21.8 Å². The zero-order chi connectivity index (χ0) is 26.2. The Kier molecular flexibility index (Phi) is 8.81. The van der Waals surface area contributed by atoms with Crippen LogP contribution in [0.1, 0.15) is 17.0 Å². The number of amides is 2. The number of carbonyl (C=O) groups excluding carboxylic acids is 2. The minimum absolute atomic E-state index is 0.139. The minimum Gasteiger partial charge on any atom is -0.484 e. The Balaban J connectivity index is 1.40. The van der Waals surface area contributed by atoms with Gasteiger partial charge in [0.25, 0.3) is 5.91 Å². The molecule has 2 amide bonds. The van der Waals surface area contributed by atoms with E-state index < -0.39 is 0 Å². The van der Waals surface area contributed by atoms with Crippen molar-refractivity contribution in [1.29, 1.82) is 0 Å². The fourth-order valence-electron chi connectivity index (χ4n) is 3.44. The molecule has 0 bridgehead atoms. The van der Waals surface area contributed by atoms with Crippen molar-refractivity contribution < 1.29 is 14.3 Å². The Labute approximate surface area is 224 Å². The summed E-state index contributed by atoms with van der Waals surface area (Å²) in [6.07, 6.45) is 0. The number of hydrogen-bond donors (Lipinski definition) is 2. The van der Waals surface area contributed by atoms with Crippen LogP contribution in [0.25, 0.3) is 5.69 Å². The van der Waals surface area contributed by atoms with Crippen molar-refractivity contribution in [2.45, 2.75) is 25.5 Å². The van der Waals surface area contributed by atoms with Gasteiger partial charge in [-0.15, -0.1) is 10.2 Å². The van der Waals surface area contributed by atoms with Gasteiger partial charge in [0.15, 0.2) is 17.6 Å². The maximum absolute atomic E-state index is 12.7. The molecule has 0 fully saturated rings. The Morgan fingerprint density at radius 1 is 0.973 bits per heavy atom. The fraction of sp³-hybridized carbons (Fsp3) is 0.185. The number of halogens is 1. The largest absolute Gasteiger partial charge is 0.484 e. The summed E-state index contributed by atoms with van der Waals surface area (Å²) >= 11 is 7.15. The lowest BCUT2D eigenvalue weighted by atomic mass is 10.1. The molecule has 190 valence electrons. The number of ether oxygens (including phenoxy) is 1. The molecule has 0 aliphatic rings. The highest BCUT2D eigenvalue weighted by Crippen LogP contribution is 2.23. The van der Waals surface area contributed by atoms with Crippen LogP contribution in [0.3, 0.4) is 0 Å². The van der Waals surface area contributed by atoms with Crippen molar-refractivity contribution >= 4 is 40.9 Å². The van der Waals surface area contributed by atoms with E-state index in [4.69, 9.17) is 16.3 Å². The van der Waals surface area contributed by atoms with Gasteiger partial charge in [0.05, 0.1) is 12.3 Å². The molecule has 0 spiro atoms. The minimum atomic E-state index is -0.306. The Morgan fingerprint density at radius 3 is 2.49 bits per heavy atom. The molecule has 2 N–H and O–H groups in total. The van der Waals surface area contributed by atoms with Gasteiger partial charge in [0, 0.05) is 16.4 Å². The van der Waals surface area contributed by atoms with Crippen LogP contribution in [0.4, 0.5) is 5.69 Å². The first-order valence-electron chi connectivity index (χ1n) is 11.5. The molecule has 0 aliphatic carbocycles. The molecule has 10 heteroatoms. The van der Waals surface area contributed by atoms with Gasteiger partial charge in [0.1, 0.15) is 5.75 Å². The van der Waals surface area contributed by atoms with Gasteiger partial charge in [-0.05, 0) is 67.4 Å². The van der Waals surface area contributed by atoms with Gasteiger partial charge in [-0.25, -0.2) is 0 Å². The van der Waals surface area contributed by atoms with Crippen LogP contribution in [-0.4, -0.2) is 38.9 Å². The number of benzene rings is 3. The number of carbonyl (C=O) groups is 2. The van der Waals surface area contributed by atoms with E-state index in [0.717, 1.165) is 22.5 Å². The van der Waals surface area contributed by atoms with Crippen molar-refractivity contribution in [3.05, 3.63) is 94.8 Å². The lowest BCUT2D eigenvalue weighted by Gasteiger charge is -2.12. The summed E-state index contributed by atoms with van der Waals surface area (Å²) in [5.41, 5.74) is 3.68. The second-order valence-corrected chi connectivity index (χ2v) is 9.62. The lowest BCUT2D eigenvalue weighted by Crippen LogP contribution is -2.29. The smallest absolute Gasteiger partial charge is 0.258 e. The topological polar surface area (TPSA) is 98.1 Å². The molecule has 0 saturated heterocycles. The zero-order valence-corrected chi connectivity index (χ0v) is 22.0. The van der Waals surface area contributed by atoms with Crippen molar-refractivity contribution in [3.8, 4) is 11.4 Å². The predicted molar refractivity (Wildman–Crippen MR) is 145 cm³/mol. The number of anilines is 1. The van der Waals surface area contributed by atoms with E-state index >= 15 is 0 Å². The zero-order valence-electron chi connectivity index (χ0n) is 20.4. The van der Waals surface area contributed by atoms with Crippen LogP contribution in [0, 0.1) is 13.8 Å². The normalized spacial score (nSPS) is 10.7. The number of aryl methyl sites for hydroxylation is 2.